The first-order valence-corrected chi connectivity index (χ1v) is 4.74. The molecule has 1 rings (SSSR count). The fourth-order valence-corrected chi connectivity index (χ4v) is 0.992. The van der Waals surface area contributed by atoms with E-state index in [4.69, 9.17) is 22.8 Å². The zero-order valence-corrected chi connectivity index (χ0v) is 8.50. The third kappa shape index (κ3) is 4.11. The molecule has 0 saturated heterocycles. The maximum Gasteiger partial charge on any atom is 0.222 e. The van der Waals surface area contributed by atoms with E-state index in [1.54, 1.807) is 12.4 Å². The van der Waals surface area contributed by atoms with Gasteiger partial charge in [0.05, 0.1) is 19.0 Å². The molecule has 4 heteroatoms. The number of rotatable bonds is 5. The number of aromatic nitrogens is 2. The average molecular weight is 211 g/mol. The lowest BCUT2D eigenvalue weighted by Crippen LogP contribution is -1.98. The summed E-state index contributed by atoms with van der Waals surface area (Å²) in [5, 5.41) is 0.227. The molecule has 14 heavy (non-hydrogen) atoms. The van der Waals surface area contributed by atoms with Crippen LogP contribution in [0.2, 0.25) is 5.28 Å². The molecule has 0 aliphatic heterocycles. The van der Waals surface area contributed by atoms with Crippen molar-refractivity contribution in [1.29, 1.82) is 0 Å². The van der Waals surface area contributed by atoms with E-state index in [-0.39, 0.29) is 5.28 Å². The third-order valence-electron chi connectivity index (χ3n) is 1.58. The Morgan fingerprint density at radius 1 is 1.36 bits per heavy atom. The zero-order valence-electron chi connectivity index (χ0n) is 7.74. The van der Waals surface area contributed by atoms with Gasteiger partial charge < -0.3 is 4.74 Å². The molecule has 1 aromatic heterocycles. The van der Waals surface area contributed by atoms with Crippen LogP contribution < -0.4 is 4.74 Å². The van der Waals surface area contributed by atoms with Crippen LogP contribution in [0.4, 0.5) is 0 Å². The van der Waals surface area contributed by atoms with Gasteiger partial charge in [0.15, 0.2) is 5.75 Å². The Kier molecular flexibility index (Phi) is 4.81. The van der Waals surface area contributed by atoms with Crippen molar-refractivity contribution in [2.45, 2.75) is 19.3 Å². The highest BCUT2D eigenvalue weighted by atomic mass is 35.5. The summed E-state index contributed by atoms with van der Waals surface area (Å²) < 4.78 is 5.36. The first-order chi connectivity index (χ1) is 6.83. The molecule has 0 unspecified atom stereocenters. The van der Waals surface area contributed by atoms with Gasteiger partial charge in [-0.3, -0.25) is 0 Å². The Bertz CT molecular complexity index is 305. The lowest BCUT2D eigenvalue weighted by Gasteiger charge is -2.03. The van der Waals surface area contributed by atoms with E-state index >= 15 is 0 Å². The molecule has 0 aliphatic carbocycles. The predicted molar refractivity (Wildman–Crippen MR) is 55.2 cm³/mol. The van der Waals surface area contributed by atoms with E-state index in [1.165, 1.54) is 0 Å². The molecule has 0 amide bonds. The SMILES string of the molecule is C#CCCCCOc1cnc(Cl)nc1. The molecule has 0 fully saturated rings. The monoisotopic (exact) mass is 210 g/mol. The molecule has 74 valence electrons. The molecule has 1 aromatic rings. The molecule has 0 radical (unpaired) electrons. The standard InChI is InChI=1S/C10H11ClN2O/c1-2-3-4-5-6-14-9-7-12-10(11)13-8-9/h1,7-8H,3-6H2. The van der Waals surface area contributed by atoms with Crippen LogP contribution in [0.5, 0.6) is 5.75 Å². The second-order valence-corrected chi connectivity index (χ2v) is 3.04. The van der Waals surface area contributed by atoms with Crippen LogP contribution in [0.1, 0.15) is 19.3 Å². The van der Waals surface area contributed by atoms with Crippen LogP contribution in [0, 0.1) is 12.3 Å². The number of ether oxygens (including phenoxy) is 1. The van der Waals surface area contributed by atoms with Crippen molar-refractivity contribution in [3.8, 4) is 18.1 Å². The lowest BCUT2D eigenvalue weighted by atomic mass is 10.2. The summed E-state index contributed by atoms with van der Waals surface area (Å²) in [5.41, 5.74) is 0. The molecule has 0 N–H and O–H groups in total. The highest BCUT2D eigenvalue weighted by Crippen LogP contribution is 2.09. The van der Waals surface area contributed by atoms with Gasteiger partial charge in [0.2, 0.25) is 5.28 Å². The second-order valence-electron chi connectivity index (χ2n) is 2.70. The van der Waals surface area contributed by atoms with Crippen LogP contribution in [0.15, 0.2) is 12.4 Å². The number of unbranched alkanes of at least 4 members (excludes halogenated alkanes) is 2. The molecule has 0 atom stereocenters. The molecule has 1 heterocycles. The Hall–Kier alpha value is -1.27. The van der Waals surface area contributed by atoms with Crippen molar-refractivity contribution in [1.82, 2.24) is 9.97 Å². The predicted octanol–water partition coefficient (Wildman–Crippen LogP) is 2.31. The number of nitrogens with zero attached hydrogens (tertiary/aromatic N) is 2. The summed E-state index contributed by atoms with van der Waals surface area (Å²) in [6, 6.07) is 0. The van der Waals surface area contributed by atoms with Gasteiger partial charge in [-0.1, -0.05) is 0 Å². The Balaban J connectivity index is 2.19. The van der Waals surface area contributed by atoms with E-state index in [2.05, 4.69) is 15.9 Å². The topological polar surface area (TPSA) is 35.0 Å². The zero-order chi connectivity index (χ0) is 10.2. The molecule has 0 spiro atoms. The van der Waals surface area contributed by atoms with Crippen LogP contribution in [0.25, 0.3) is 0 Å². The van der Waals surface area contributed by atoms with Gasteiger partial charge in [-0.15, -0.1) is 12.3 Å². The largest absolute Gasteiger partial charge is 0.490 e. The minimum absolute atomic E-state index is 0.227. The van der Waals surface area contributed by atoms with Crippen molar-refractivity contribution < 1.29 is 4.74 Å². The fraction of sp³-hybridized carbons (Fsp3) is 0.400. The van der Waals surface area contributed by atoms with Gasteiger partial charge in [0.1, 0.15) is 0 Å². The van der Waals surface area contributed by atoms with Crippen molar-refractivity contribution in [2.75, 3.05) is 6.61 Å². The molecular formula is C10H11ClN2O. The fourth-order valence-electron chi connectivity index (χ4n) is 0.894. The van der Waals surface area contributed by atoms with E-state index in [0.29, 0.717) is 12.4 Å². The van der Waals surface area contributed by atoms with Gasteiger partial charge in [-0.25, -0.2) is 9.97 Å². The minimum atomic E-state index is 0.227. The van der Waals surface area contributed by atoms with Gasteiger partial charge in [-0.2, -0.15) is 0 Å². The number of hydrogen-bond donors (Lipinski definition) is 0. The maximum absolute atomic E-state index is 5.51. The Morgan fingerprint density at radius 3 is 2.71 bits per heavy atom. The number of halogens is 1. The maximum atomic E-state index is 5.51. The highest BCUT2D eigenvalue weighted by molar-refractivity contribution is 6.28. The molecule has 0 aliphatic rings. The van der Waals surface area contributed by atoms with Crippen molar-refractivity contribution in [2.24, 2.45) is 0 Å². The number of hydrogen-bond acceptors (Lipinski definition) is 3. The van der Waals surface area contributed by atoms with Gasteiger partial charge >= 0.3 is 0 Å². The third-order valence-corrected chi connectivity index (χ3v) is 1.78. The Labute approximate surface area is 88.5 Å². The summed E-state index contributed by atoms with van der Waals surface area (Å²) in [7, 11) is 0. The summed E-state index contributed by atoms with van der Waals surface area (Å²) in [6.45, 7) is 0.632. The lowest BCUT2D eigenvalue weighted by molar-refractivity contribution is 0.305. The summed E-state index contributed by atoms with van der Waals surface area (Å²) >= 11 is 5.51. The van der Waals surface area contributed by atoms with E-state index in [9.17, 15) is 0 Å². The quantitative estimate of drug-likeness (QED) is 0.425. The van der Waals surface area contributed by atoms with Crippen LogP contribution in [-0.2, 0) is 0 Å². The highest BCUT2D eigenvalue weighted by Gasteiger charge is 1.95. The molecule has 0 bridgehead atoms. The summed E-state index contributed by atoms with van der Waals surface area (Å²) in [5.74, 6) is 3.21. The van der Waals surface area contributed by atoms with Crippen molar-refractivity contribution in [3.05, 3.63) is 17.7 Å². The first-order valence-electron chi connectivity index (χ1n) is 4.36. The Morgan fingerprint density at radius 2 is 2.07 bits per heavy atom. The van der Waals surface area contributed by atoms with Gasteiger partial charge in [0, 0.05) is 6.42 Å². The van der Waals surface area contributed by atoms with E-state index < -0.39 is 0 Å². The smallest absolute Gasteiger partial charge is 0.222 e. The van der Waals surface area contributed by atoms with Crippen LogP contribution in [-0.4, -0.2) is 16.6 Å². The minimum Gasteiger partial charge on any atom is -0.490 e. The average Bonchev–Trinajstić information content (AvgIpc) is 2.21. The van der Waals surface area contributed by atoms with Crippen LogP contribution in [0.3, 0.4) is 0 Å². The van der Waals surface area contributed by atoms with Crippen molar-refractivity contribution >= 4 is 11.6 Å². The molecule has 0 aromatic carbocycles. The molecule has 0 saturated carbocycles. The van der Waals surface area contributed by atoms with E-state index in [1.807, 2.05) is 0 Å². The first kappa shape index (κ1) is 10.8. The van der Waals surface area contributed by atoms with Gasteiger partial charge in [0.25, 0.3) is 0 Å². The molecule has 3 nitrogen and oxygen atoms in total. The normalized spacial score (nSPS) is 9.43. The van der Waals surface area contributed by atoms with Crippen molar-refractivity contribution in [3.63, 3.8) is 0 Å². The second kappa shape index (κ2) is 6.22. The van der Waals surface area contributed by atoms with Crippen LogP contribution >= 0.6 is 11.6 Å². The summed E-state index contributed by atoms with van der Waals surface area (Å²) in [6.07, 6.45) is 10.9. The van der Waals surface area contributed by atoms with Gasteiger partial charge in [-0.05, 0) is 24.4 Å². The number of terminal acetylenes is 1. The molecular weight excluding hydrogens is 200 g/mol. The summed E-state index contributed by atoms with van der Waals surface area (Å²) in [4.78, 5) is 7.58. The van der Waals surface area contributed by atoms with E-state index in [0.717, 1.165) is 19.3 Å².